The fourth-order valence-corrected chi connectivity index (χ4v) is 2.88. The zero-order valence-corrected chi connectivity index (χ0v) is 17.8. The van der Waals surface area contributed by atoms with Crippen molar-refractivity contribution in [1.82, 2.24) is 10.6 Å². The first-order valence-corrected chi connectivity index (χ1v) is 10.6. The number of ether oxygens (including phenoxy) is 2. The number of carbonyl (C=O) groups excluding carboxylic acids is 1. The minimum absolute atomic E-state index is 0.229. The van der Waals surface area contributed by atoms with Gasteiger partial charge in [0.1, 0.15) is 24.7 Å². The highest BCUT2D eigenvalue weighted by Crippen LogP contribution is 2.13. The molecule has 0 radical (unpaired) electrons. The van der Waals surface area contributed by atoms with Gasteiger partial charge in [-0.05, 0) is 55.0 Å². The number of hydrogen-bond acceptors (Lipinski definition) is 4. The molecular formula is C23H30N2O3S. The third-order valence-electron chi connectivity index (χ3n) is 4.27. The van der Waals surface area contributed by atoms with Crippen LogP contribution in [0.25, 0.3) is 0 Å². The van der Waals surface area contributed by atoms with Crippen LogP contribution >= 0.6 is 12.2 Å². The number of hydrogen-bond donors (Lipinski definition) is 2. The fraction of sp³-hybridized carbons (Fsp3) is 0.391. The SMILES string of the molecule is CCCCCCCNC(=S)NC(=O)c1ccc(OCCOc2ccccc2)cc1. The van der Waals surface area contributed by atoms with Crippen LogP contribution in [0, 0.1) is 0 Å². The van der Waals surface area contributed by atoms with Crippen molar-refractivity contribution in [2.75, 3.05) is 19.8 Å². The smallest absolute Gasteiger partial charge is 0.257 e. The monoisotopic (exact) mass is 414 g/mol. The van der Waals surface area contributed by atoms with Crippen molar-refractivity contribution in [3.63, 3.8) is 0 Å². The summed E-state index contributed by atoms with van der Waals surface area (Å²) in [4.78, 5) is 12.3. The van der Waals surface area contributed by atoms with E-state index in [2.05, 4.69) is 17.6 Å². The number of unbranched alkanes of at least 4 members (excludes halogenated alkanes) is 4. The maximum atomic E-state index is 12.3. The van der Waals surface area contributed by atoms with E-state index in [-0.39, 0.29) is 5.91 Å². The molecule has 2 rings (SSSR count). The average molecular weight is 415 g/mol. The molecule has 156 valence electrons. The number of amides is 1. The van der Waals surface area contributed by atoms with Gasteiger partial charge in [-0.2, -0.15) is 0 Å². The first-order valence-electron chi connectivity index (χ1n) is 10.2. The molecule has 0 aromatic heterocycles. The molecule has 0 bridgehead atoms. The standard InChI is InChI=1S/C23H30N2O3S/c1-2-3-4-5-9-16-24-23(29)25-22(26)19-12-14-21(15-13-19)28-18-17-27-20-10-7-6-8-11-20/h6-8,10-15H,2-5,9,16-18H2,1H3,(H2,24,25,26,29). The number of nitrogens with one attached hydrogen (secondary N) is 2. The lowest BCUT2D eigenvalue weighted by Crippen LogP contribution is -2.39. The summed E-state index contributed by atoms with van der Waals surface area (Å²) in [5.41, 5.74) is 0.532. The number of thiocarbonyl (C=S) groups is 1. The van der Waals surface area contributed by atoms with Gasteiger partial charge >= 0.3 is 0 Å². The first-order chi connectivity index (χ1) is 14.2. The van der Waals surface area contributed by atoms with E-state index in [1.165, 1.54) is 25.7 Å². The minimum atomic E-state index is -0.229. The van der Waals surface area contributed by atoms with E-state index in [0.29, 0.717) is 29.6 Å². The van der Waals surface area contributed by atoms with Crippen LogP contribution in [0.5, 0.6) is 11.5 Å². The van der Waals surface area contributed by atoms with Gasteiger partial charge in [-0.3, -0.25) is 10.1 Å². The molecular weight excluding hydrogens is 384 g/mol. The molecule has 0 saturated heterocycles. The molecule has 0 heterocycles. The van der Waals surface area contributed by atoms with Crippen molar-refractivity contribution >= 4 is 23.2 Å². The van der Waals surface area contributed by atoms with Gasteiger partial charge in [-0.25, -0.2) is 0 Å². The Morgan fingerprint density at radius 3 is 2.14 bits per heavy atom. The highest BCUT2D eigenvalue weighted by Gasteiger charge is 2.08. The predicted molar refractivity (Wildman–Crippen MR) is 121 cm³/mol. The van der Waals surface area contributed by atoms with E-state index in [1.807, 2.05) is 30.3 Å². The van der Waals surface area contributed by atoms with E-state index < -0.39 is 0 Å². The van der Waals surface area contributed by atoms with Gasteiger partial charge in [0.25, 0.3) is 5.91 Å². The minimum Gasteiger partial charge on any atom is -0.490 e. The van der Waals surface area contributed by atoms with Gasteiger partial charge in [0, 0.05) is 12.1 Å². The van der Waals surface area contributed by atoms with Crippen LogP contribution in [0.2, 0.25) is 0 Å². The van der Waals surface area contributed by atoms with E-state index in [9.17, 15) is 4.79 Å². The summed E-state index contributed by atoms with van der Waals surface area (Å²) in [5, 5.41) is 6.15. The van der Waals surface area contributed by atoms with Crippen molar-refractivity contribution in [1.29, 1.82) is 0 Å². The molecule has 0 spiro atoms. The summed E-state index contributed by atoms with van der Waals surface area (Å²) < 4.78 is 11.2. The highest BCUT2D eigenvalue weighted by molar-refractivity contribution is 7.80. The van der Waals surface area contributed by atoms with Crippen LogP contribution in [0.1, 0.15) is 49.4 Å². The second-order valence-corrected chi connectivity index (χ2v) is 7.07. The molecule has 0 fully saturated rings. The fourth-order valence-electron chi connectivity index (χ4n) is 2.69. The Bertz CT molecular complexity index is 736. The second-order valence-electron chi connectivity index (χ2n) is 6.66. The molecule has 0 aliphatic rings. The number of carbonyl (C=O) groups is 1. The predicted octanol–water partition coefficient (Wildman–Crippen LogP) is 4.72. The van der Waals surface area contributed by atoms with Crippen molar-refractivity contribution in [3.05, 3.63) is 60.2 Å². The van der Waals surface area contributed by atoms with Crippen LogP contribution in [0.3, 0.4) is 0 Å². The summed E-state index contributed by atoms with van der Waals surface area (Å²) in [7, 11) is 0. The van der Waals surface area contributed by atoms with Crippen LogP contribution < -0.4 is 20.1 Å². The van der Waals surface area contributed by atoms with Crippen LogP contribution in [-0.2, 0) is 0 Å². The van der Waals surface area contributed by atoms with Crippen molar-refractivity contribution in [2.45, 2.75) is 39.0 Å². The van der Waals surface area contributed by atoms with Gasteiger partial charge in [0.15, 0.2) is 5.11 Å². The third-order valence-corrected chi connectivity index (χ3v) is 4.52. The summed E-state index contributed by atoms with van der Waals surface area (Å²) in [5.74, 6) is 1.27. The quantitative estimate of drug-likeness (QED) is 0.389. The van der Waals surface area contributed by atoms with Gasteiger partial charge in [0.05, 0.1) is 0 Å². The summed E-state index contributed by atoms with van der Waals surface area (Å²) in [6, 6.07) is 16.6. The number of benzene rings is 2. The van der Waals surface area contributed by atoms with Crippen molar-refractivity contribution in [2.24, 2.45) is 0 Å². The molecule has 0 saturated carbocycles. The second kappa shape index (κ2) is 13.6. The maximum absolute atomic E-state index is 12.3. The lowest BCUT2D eigenvalue weighted by molar-refractivity contribution is 0.0976. The molecule has 0 aliphatic carbocycles. The molecule has 2 aromatic carbocycles. The average Bonchev–Trinajstić information content (AvgIpc) is 2.75. The number of rotatable bonds is 12. The van der Waals surface area contributed by atoms with E-state index in [4.69, 9.17) is 21.7 Å². The summed E-state index contributed by atoms with van der Waals surface area (Å²) in [6.07, 6.45) is 5.96. The largest absolute Gasteiger partial charge is 0.490 e. The van der Waals surface area contributed by atoms with Crippen LogP contribution in [-0.4, -0.2) is 30.8 Å². The van der Waals surface area contributed by atoms with Crippen molar-refractivity contribution < 1.29 is 14.3 Å². The third kappa shape index (κ3) is 9.43. The highest BCUT2D eigenvalue weighted by atomic mass is 32.1. The Kier molecular flexibility index (Phi) is 10.6. The zero-order valence-electron chi connectivity index (χ0n) is 17.0. The molecule has 6 heteroatoms. The van der Waals surface area contributed by atoms with Crippen LogP contribution in [0.15, 0.2) is 54.6 Å². The Morgan fingerprint density at radius 2 is 1.48 bits per heavy atom. The molecule has 2 aromatic rings. The van der Waals surface area contributed by atoms with Gasteiger partial charge in [0.2, 0.25) is 0 Å². The molecule has 5 nitrogen and oxygen atoms in total. The number of para-hydroxylation sites is 1. The normalized spacial score (nSPS) is 10.2. The molecule has 0 atom stereocenters. The lowest BCUT2D eigenvalue weighted by Gasteiger charge is -2.10. The van der Waals surface area contributed by atoms with Gasteiger partial charge in [-0.1, -0.05) is 50.8 Å². The van der Waals surface area contributed by atoms with Gasteiger partial charge in [-0.15, -0.1) is 0 Å². The Labute approximate surface area is 178 Å². The topological polar surface area (TPSA) is 59.6 Å². The molecule has 0 unspecified atom stereocenters. The Morgan fingerprint density at radius 1 is 0.862 bits per heavy atom. The zero-order chi connectivity index (χ0) is 20.7. The van der Waals surface area contributed by atoms with Gasteiger partial charge < -0.3 is 14.8 Å². The molecule has 29 heavy (non-hydrogen) atoms. The van der Waals surface area contributed by atoms with E-state index >= 15 is 0 Å². The summed E-state index contributed by atoms with van der Waals surface area (Å²) in [6.45, 7) is 3.85. The Hall–Kier alpha value is -2.60. The molecule has 2 N–H and O–H groups in total. The van der Waals surface area contributed by atoms with Crippen molar-refractivity contribution in [3.8, 4) is 11.5 Å². The van der Waals surface area contributed by atoms with Crippen LogP contribution in [0.4, 0.5) is 0 Å². The maximum Gasteiger partial charge on any atom is 0.257 e. The van der Waals surface area contributed by atoms with E-state index in [0.717, 1.165) is 18.7 Å². The molecule has 0 aliphatic heterocycles. The Balaban J connectivity index is 1.63. The molecule has 1 amide bonds. The lowest BCUT2D eigenvalue weighted by atomic mass is 10.1. The van der Waals surface area contributed by atoms with E-state index in [1.54, 1.807) is 24.3 Å². The summed E-state index contributed by atoms with van der Waals surface area (Å²) >= 11 is 5.19. The first kappa shape index (κ1) is 22.7.